The summed E-state index contributed by atoms with van der Waals surface area (Å²) in [5.74, 6) is 0.475. The van der Waals surface area contributed by atoms with Gasteiger partial charge in [-0.3, -0.25) is 4.79 Å². The van der Waals surface area contributed by atoms with Crippen LogP contribution in [0.25, 0.3) is 0 Å². The first kappa shape index (κ1) is 19.7. The predicted molar refractivity (Wildman–Crippen MR) is 103 cm³/mol. The van der Waals surface area contributed by atoms with Gasteiger partial charge in [0.05, 0.1) is 34.0 Å². The monoisotopic (exact) mass is 401 g/mol. The van der Waals surface area contributed by atoms with Crippen molar-refractivity contribution in [1.29, 1.82) is 0 Å². The highest BCUT2D eigenvalue weighted by Gasteiger charge is 2.17. The lowest BCUT2D eigenvalue weighted by Gasteiger charge is -2.15. The van der Waals surface area contributed by atoms with Crippen molar-refractivity contribution in [2.75, 3.05) is 18.5 Å². The third-order valence-electron chi connectivity index (χ3n) is 3.22. The lowest BCUT2D eigenvalue weighted by atomic mass is 10.1. The minimum Gasteiger partial charge on any atom is -0.490 e. The summed E-state index contributed by atoms with van der Waals surface area (Å²) < 4.78 is 11.2. The van der Waals surface area contributed by atoms with E-state index in [9.17, 15) is 4.79 Å². The molecule has 25 heavy (non-hydrogen) atoms. The van der Waals surface area contributed by atoms with E-state index >= 15 is 0 Å². The molecule has 4 nitrogen and oxygen atoms in total. The van der Waals surface area contributed by atoms with E-state index in [1.807, 2.05) is 13.8 Å². The number of ether oxygens (including phenoxy) is 2. The largest absolute Gasteiger partial charge is 0.490 e. The first-order valence-electron chi connectivity index (χ1n) is 7.82. The first-order valence-corrected chi connectivity index (χ1v) is 8.95. The summed E-state index contributed by atoms with van der Waals surface area (Å²) >= 11 is 18.3. The molecule has 134 valence electrons. The van der Waals surface area contributed by atoms with Gasteiger partial charge in [0.1, 0.15) is 0 Å². The van der Waals surface area contributed by atoms with E-state index in [2.05, 4.69) is 5.32 Å². The molecule has 0 aromatic heterocycles. The van der Waals surface area contributed by atoms with Gasteiger partial charge < -0.3 is 14.8 Å². The summed E-state index contributed by atoms with van der Waals surface area (Å²) in [6.45, 7) is 4.76. The van der Waals surface area contributed by atoms with Crippen molar-refractivity contribution in [1.82, 2.24) is 0 Å². The van der Waals surface area contributed by atoms with Gasteiger partial charge >= 0.3 is 0 Å². The van der Waals surface area contributed by atoms with Gasteiger partial charge in [0.2, 0.25) is 0 Å². The number of carbonyl (C=O) groups excluding carboxylic acids is 1. The Labute approximate surface area is 162 Å². The van der Waals surface area contributed by atoms with Gasteiger partial charge in [0, 0.05) is 5.56 Å². The summed E-state index contributed by atoms with van der Waals surface area (Å²) in [6, 6.07) is 8.13. The fourth-order valence-electron chi connectivity index (χ4n) is 2.10. The summed E-state index contributed by atoms with van der Waals surface area (Å²) in [7, 11) is 0. The number of carbonyl (C=O) groups is 1. The van der Waals surface area contributed by atoms with Crippen LogP contribution in [-0.2, 0) is 0 Å². The van der Waals surface area contributed by atoms with Crippen LogP contribution in [-0.4, -0.2) is 19.1 Å². The molecule has 1 N–H and O–H groups in total. The SMILES string of the molecule is CCCOc1c(Cl)cc(C(=O)Nc2cccc(Cl)c2Cl)cc1OCC. The van der Waals surface area contributed by atoms with Crippen molar-refractivity contribution in [3.8, 4) is 11.5 Å². The van der Waals surface area contributed by atoms with E-state index in [0.29, 0.717) is 46.0 Å². The van der Waals surface area contributed by atoms with Crippen molar-refractivity contribution in [2.24, 2.45) is 0 Å². The molecule has 0 unspecified atom stereocenters. The fraction of sp³-hybridized carbons (Fsp3) is 0.278. The van der Waals surface area contributed by atoms with Crippen molar-refractivity contribution in [2.45, 2.75) is 20.3 Å². The third kappa shape index (κ3) is 4.94. The van der Waals surface area contributed by atoms with Crippen molar-refractivity contribution >= 4 is 46.4 Å². The van der Waals surface area contributed by atoms with Crippen molar-refractivity contribution in [3.63, 3.8) is 0 Å². The Balaban J connectivity index is 2.31. The highest BCUT2D eigenvalue weighted by molar-refractivity contribution is 6.44. The molecule has 2 aromatic rings. The second-order valence-electron chi connectivity index (χ2n) is 5.12. The second-order valence-corrected chi connectivity index (χ2v) is 6.31. The van der Waals surface area contributed by atoms with Crippen molar-refractivity contribution in [3.05, 3.63) is 51.0 Å². The Morgan fingerprint density at radius 3 is 2.52 bits per heavy atom. The maximum Gasteiger partial charge on any atom is 0.255 e. The summed E-state index contributed by atoms with van der Waals surface area (Å²) in [5.41, 5.74) is 0.743. The molecule has 0 aliphatic rings. The zero-order valence-electron chi connectivity index (χ0n) is 13.9. The second kappa shape index (κ2) is 9.18. The van der Waals surface area contributed by atoms with Crippen LogP contribution in [0.3, 0.4) is 0 Å². The van der Waals surface area contributed by atoms with Gasteiger partial charge in [0.25, 0.3) is 5.91 Å². The summed E-state index contributed by atoms with van der Waals surface area (Å²) in [6.07, 6.45) is 0.831. The van der Waals surface area contributed by atoms with E-state index in [-0.39, 0.29) is 10.9 Å². The normalized spacial score (nSPS) is 10.4. The Morgan fingerprint density at radius 1 is 1.08 bits per heavy atom. The number of rotatable bonds is 7. The number of hydrogen-bond acceptors (Lipinski definition) is 3. The predicted octanol–water partition coefficient (Wildman–Crippen LogP) is 6.09. The van der Waals surface area contributed by atoms with Crippen LogP contribution in [0, 0.1) is 0 Å². The molecule has 0 atom stereocenters. The van der Waals surface area contributed by atoms with Gasteiger partial charge in [-0.15, -0.1) is 0 Å². The Kier molecular flexibility index (Phi) is 7.24. The average molecular weight is 403 g/mol. The van der Waals surface area contributed by atoms with Crippen molar-refractivity contribution < 1.29 is 14.3 Å². The van der Waals surface area contributed by atoms with Crippen LogP contribution in [0.15, 0.2) is 30.3 Å². The molecule has 0 aliphatic heterocycles. The summed E-state index contributed by atoms with van der Waals surface area (Å²) in [4.78, 5) is 12.5. The maximum atomic E-state index is 12.5. The molecule has 0 heterocycles. The van der Waals surface area contributed by atoms with Gasteiger partial charge in [-0.2, -0.15) is 0 Å². The fourth-order valence-corrected chi connectivity index (χ4v) is 2.71. The van der Waals surface area contributed by atoms with Crippen LogP contribution in [0.5, 0.6) is 11.5 Å². The van der Waals surface area contributed by atoms with Crippen LogP contribution in [0.4, 0.5) is 5.69 Å². The summed E-state index contributed by atoms with van der Waals surface area (Å²) in [5, 5.41) is 3.66. The number of amides is 1. The lowest BCUT2D eigenvalue weighted by molar-refractivity contribution is 0.102. The molecule has 0 fully saturated rings. The molecular formula is C18H18Cl3NO3. The molecule has 0 spiro atoms. The average Bonchev–Trinajstić information content (AvgIpc) is 2.58. The quantitative estimate of drug-likeness (QED) is 0.610. The molecule has 1 amide bonds. The molecule has 2 rings (SSSR count). The maximum absolute atomic E-state index is 12.5. The number of benzene rings is 2. The first-order chi connectivity index (χ1) is 12.0. The Morgan fingerprint density at radius 2 is 1.84 bits per heavy atom. The number of anilines is 1. The minimum absolute atomic E-state index is 0.275. The Hall–Kier alpha value is -1.62. The minimum atomic E-state index is -0.380. The van der Waals surface area contributed by atoms with Crippen LogP contribution >= 0.6 is 34.8 Å². The van der Waals surface area contributed by atoms with Gasteiger partial charge in [-0.05, 0) is 37.6 Å². The topological polar surface area (TPSA) is 47.6 Å². The smallest absolute Gasteiger partial charge is 0.255 e. The van der Waals surface area contributed by atoms with E-state index in [1.54, 1.807) is 24.3 Å². The van der Waals surface area contributed by atoms with E-state index in [1.165, 1.54) is 6.07 Å². The molecule has 7 heteroatoms. The molecule has 0 saturated heterocycles. The zero-order valence-corrected chi connectivity index (χ0v) is 16.1. The van der Waals surface area contributed by atoms with Gasteiger partial charge in [0.15, 0.2) is 11.5 Å². The van der Waals surface area contributed by atoms with Crippen LogP contribution in [0.1, 0.15) is 30.6 Å². The molecule has 0 saturated carbocycles. The van der Waals surface area contributed by atoms with Crippen LogP contribution < -0.4 is 14.8 Å². The standard InChI is InChI=1S/C18H18Cl3NO3/c1-3-8-25-17-13(20)9-11(10-15(17)24-4-2)18(23)22-14-7-5-6-12(19)16(14)21/h5-7,9-10H,3-4,8H2,1-2H3,(H,22,23). The highest BCUT2D eigenvalue weighted by Crippen LogP contribution is 2.37. The number of halogens is 3. The molecular weight excluding hydrogens is 385 g/mol. The molecule has 2 aromatic carbocycles. The van der Waals surface area contributed by atoms with Crippen LogP contribution in [0.2, 0.25) is 15.1 Å². The third-order valence-corrected chi connectivity index (χ3v) is 4.32. The van der Waals surface area contributed by atoms with E-state index < -0.39 is 0 Å². The van der Waals surface area contributed by atoms with E-state index in [0.717, 1.165) is 6.42 Å². The zero-order chi connectivity index (χ0) is 18.4. The van der Waals surface area contributed by atoms with E-state index in [4.69, 9.17) is 44.3 Å². The molecule has 0 radical (unpaired) electrons. The molecule has 0 aliphatic carbocycles. The molecule has 0 bridgehead atoms. The Bertz CT molecular complexity index is 765. The number of nitrogens with one attached hydrogen (secondary N) is 1. The van der Waals surface area contributed by atoms with Gasteiger partial charge in [-0.1, -0.05) is 47.8 Å². The number of hydrogen-bond donors (Lipinski definition) is 1. The highest BCUT2D eigenvalue weighted by atomic mass is 35.5. The lowest BCUT2D eigenvalue weighted by Crippen LogP contribution is -2.13. The van der Waals surface area contributed by atoms with Gasteiger partial charge in [-0.25, -0.2) is 0 Å².